The van der Waals surface area contributed by atoms with Crippen LogP contribution in [0.4, 0.5) is 14.6 Å². The van der Waals surface area contributed by atoms with E-state index in [2.05, 4.69) is 25.2 Å². The van der Waals surface area contributed by atoms with Crippen molar-refractivity contribution in [3.63, 3.8) is 0 Å². The number of aryl methyl sites for hydroxylation is 1. The number of phenolic OH excluding ortho intramolecular Hbond substituents is 1. The zero-order valence-corrected chi connectivity index (χ0v) is 19.2. The molecule has 6 rings (SSSR count). The Labute approximate surface area is 200 Å². The molecule has 1 aromatic carbocycles. The van der Waals surface area contributed by atoms with Gasteiger partial charge in [-0.05, 0) is 44.2 Å². The van der Waals surface area contributed by atoms with E-state index in [1.54, 1.807) is 13.2 Å². The summed E-state index contributed by atoms with van der Waals surface area (Å²) in [6.07, 6.45) is 7.99. The van der Waals surface area contributed by atoms with Gasteiger partial charge in [-0.25, -0.2) is 18.7 Å². The van der Waals surface area contributed by atoms with Crippen molar-refractivity contribution >= 4 is 5.82 Å². The van der Waals surface area contributed by atoms with Crippen molar-refractivity contribution in [2.75, 3.05) is 4.90 Å². The van der Waals surface area contributed by atoms with Gasteiger partial charge in [-0.15, -0.1) is 0 Å². The van der Waals surface area contributed by atoms with Crippen LogP contribution in [0.3, 0.4) is 0 Å². The Bertz CT molecular complexity index is 1330. The first-order valence-electron chi connectivity index (χ1n) is 12.0. The molecular weight excluding hydrogens is 454 g/mol. The summed E-state index contributed by atoms with van der Waals surface area (Å²) >= 11 is 0. The molecule has 2 aromatic heterocycles. The Hall–Kier alpha value is -3.40. The van der Waals surface area contributed by atoms with Crippen LogP contribution in [-0.4, -0.2) is 55.0 Å². The molecule has 2 N–H and O–H groups in total. The molecule has 3 aromatic rings. The highest BCUT2D eigenvalue weighted by Crippen LogP contribution is 2.40. The number of anilines is 1. The van der Waals surface area contributed by atoms with Crippen molar-refractivity contribution < 1.29 is 13.9 Å². The average Bonchev–Trinajstić information content (AvgIpc) is 3.60. The van der Waals surface area contributed by atoms with Crippen LogP contribution in [0.5, 0.6) is 5.75 Å². The second kappa shape index (κ2) is 8.37. The lowest BCUT2D eigenvalue weighted by molar-refractivity contribution is 0.171. The molecule has 0 spiro atoms. The standard InChI is InChI=1S/C25H26F2N6O2/c1-32-12-30-19(9-24(32)35)15-8-22(34)16(7-17(15)26)20-10-29-23(11-28-20)33(14-3-4-14)21-6-13-2-5-18(31-13)25(21)27/h7-14,18,21,25,31,34H,2-6H2,1H3/t13?,18?,21-,25+/m0/s1. The summed E-state index contributed by atoms with van der Waals surface area (Å²) in [5, 5.41) is 14.0. The topological polar surface area (TPSA) is 96.2 Å². The smallest absolute Gasteiger partial charge is 0.253 e. The van der Waals surface area contributed by atoms with Crippen molar-refractivity contribution in [1.82, 2.24) is 24.8 Å². The summed E-state index contributed by atoms with van der Waals surface area (Å²) < 4.78 is 31.5. The molecule has 2 unspecified atom stereocenters. The fourth-order valence-corrected chi connectivity index (χ4v) is 5.39. The number of piperidine rings is 1. The summed E-state index contributed by atoms with van der Waals surface area (Å²) in [6, 6.07) is 3.85. The van der Waals surface area contributed by atoms with Crippen molar-refractivity contribution in [3.05, 3.63) is 53.1 Å². The van der Waals surface area contributed by atoms with Crippen LogP contribution >= 0.6 is 0 Å². The highest BCUT2D eigenvalue weighted by atomic mass is 19.1. The maximum absolute atomic E-state index is 15.3. The van der Waals surface area contributed by atoms with Crippen LogP contribution in [0.15, 0.2) is 41.7 Å². The molecular formula is C25H26F2N6O2. The van der Waals surface area contributed by atoms with Gasteiger partial charge in [0.05, 0.1) is 36.2 Å². The zero-order valence-electron chi connectivity index (χ0n) is 19.2. The van der Waals surface area contributed by atoms with E-state index < -0.39 is 12.0 Å². The van der Waals surface area contributed by atoms with Gasteiger partial charge in [0.25, 0.3) is 5.56 Å². The third-order valence-corrected chi connectivity index (χ3v) is 7.37. The number of fused-ring (bicyclic) bond motifs is 2. The van der Waals surface area contributed by atoms with E-state index in [0.717, 1.165) is 38.2 Å². The van der Waals surface area contributed by atoms with Gasteiger partial charge in [-0.1, -0.05) is 0 Å². The molecule has 182 valence electrons. The number of halogens is 2. The first kappa shape index (κ1) is 22.1. The lowest BCUT2D eigenvalue weighted by Crippen LogP contribution is -2.57. The zero-order chi connectivity index (χ0) is 24.3. The minimum Gasteiger partial charge on any atom is -0.507 e. The molecule has 4 heterocycles. The van der Waals surface area contributed by atoms with E-state index in [4.69, 9.17) is 0 Å². The fraction of sp³-hybridized carbons (Fsp3) is 0.440. The second-order valence-electron chi connectivity index (χ2n) is 9.77. The highest BCUT2D eigenvalue weighted by Gasteiger charge is 2.48. The molecule has 3 fully saturated rings. The summed E-state index contributed by atoms with van der Waals surface area (Å²) in [7, 11) is 1.55. The fourth-order valence-electron chi connectivity index (χ4n) is 5.39. The first-order chi connectivity index (χ1) is 16.9. The number of nitrogens with one attached hydrogen (secondary N) is 1. The Balaban J connectivity index is 1.29. The van der Waals surface area contributed by atoms with Gasteiger partial charge >= 0.3 is 0 Å². The minimum atomic E-state index is -0.968. The van der Waals surface area contributed by atoms with E-state index in [1.807, 2.05) is 0 Å². The number of hydrogen-bond donors (Lipinski definition) is 2. The van der Waals surface area contributed by atoms with Crippen LogP contribution < -0.4 is 15.8 Å². The van der Waals surface area contributed by atoms with E-state index in [0.29, 0.717) is 17.6 Å². The molecule has 0 amide bonds. The largest absolute Gasteiger partial charge is 0.507 e. The predicted molar refractivity (Wildman–Crippen MR) is 126 cm³/mol. The van der Waals surface area contributed by atoms with Crippen LogP contribution in [0.1, 0.15) is 32.1 Å². The Kier molecular flexibility index (Phi) is 5.28. The van der Waals surface area contributed by atoms with Gasteiger partial charge in [0.1, 0.15) is 23.6 Å². The van der Waals surface area contributed by atoms with Crippen molar-refractivity contribution in [1.29, 1.82) is 0 Å². The van der Waals surface area contributed by atoms with Crippen molar-refractivity contribution in [3.8, 4) is 28.3 Å². The lowest BCUT2D eigenvalue weighted by Gasteiger charge is -2.41. The molecule has 3 aliphatic rings. The monoisotopic (exact) mass is 480 g/mol. The number of benzene rings is 1. The number of nitrogens with zero attached hydrogens (tertiary/aromatic N) is 5. The maximum Gasteiger partial charge on any atom is 0.253 e. The minimum absolute atomic E-state index is 0.0166. The maximum atomic E-state index is 15.3. The highest BCUT2D eigenvalue weighted by molar-refractivity contribution is 5.73. The quantitative estimate of drug-likeness (QED) is 0.580. The summed E-state index contributed by atoms with van der Waals surface area (Å²) in [4.78, 5) is 27.1. The molecule has 2 saturated heterocycles. The number of alkyl halides is 1. The van der Waals surface area contributed by atoms with E-state index in [1.165, 1.54) is 29.2 Å². The third-order valence-electron chi connectivity index (χ3n) is 7.37. The normalized spacial score (nSPS) is 25.6. The Morgan fingerprint density at radius 2 is 1.89 bits per heavy atom. The van der Waals surface area contributed by atoms with Crippen molar-refractivity contribution in [2.24, 2.45) is 7.05 Å². The summed E-state index contributed by atoms with van der Waals surface area (Å²) in [6.45, 7) is 0. The molecule has 1 aliphatic carbocycles. The van der Waals surface area contributed by atoms with Crippen LogP contribution in [-0.2, 0) is 7.05 Å². The molecule has 10 heteroatoms. The van der Waals surface area contributed by atoms with Gasteiger partial charge in [0.2, 0.25) is 0 Å². The third kappa shape index (κ3) is 3.95. The first-order valence-corrected chi connectivity index (χ1v) is 12.0. The number of phenols is 1. The van der Waals surface area contributed by atoms with Gasteiger partial charge in [-0.2, -0.15) is 0 Å². The van der Waals surface area contributed by atoms with Gasteiger partial charge in [0, 0.05) is 42.4 Å². The van der Waals surface area contributed by atoms with Gasteiger partial charge in [0.15, 0.2) is 0 Å². The second-order valence-corrected chi connectivity index (χ2v) is 9.77. The number of aromatic hydroxyl groups is 1. The van der Waals surface area contributed by atoms with Gasteiger partial charge in [-0.3, -0.25) is 9.78 Å². The molecule has 2 bridgehead atoms. The van der Waals surface area contributed by atoms with E-state index in [-0.39, 0.29) is 46.3 Å². The molecule has 4 atom stereocenters. The van der Waals surface area contributed by atoms with E-state index in [9.17, 15) is 14.3 Å². The molecule has 0 radical (unpaired) electrons. The number of aromatic nitrogens is 4. The number of rotatable bonds is 5. The van der Waals surface area contributed by atoms with Crippen LogP contribution in [0.2, 0.25) is 0 Å². The SMILES string of the molecule is Cn1cnc(-c2cc(O)c(-c3cnc(N(C4CC4)[C@H]4CC5CCC(N5)[C@H]4F)cn3)cc2F)cc1=O. The lowest BCUT2D eigenvalue weighted by atomic mass is 9.96. The predicted octanol–water partition coefficient (Wildman–Crippen LogP) is 2.95. The van der Waals surface area contributed by atoms with Crippen LogP contribution in [0.25, 0.3) is 22.5 Å². The Morgan fingerprint density at radius 1 is 1.06 bits per heavy atom. The summed E-state index contributed by atoms with van der Waals surface area (Å²) in [5.41, 5.74) is 0.285. The van der Waals surface area contributed by atoms with Crippen LogP contribution in [0, 0.1) is 5.82 Å². The average molecular weight is 481 g/mol. The summed E-state index contributed by atoms with van der Waals surface area (Å²) in [5.74, 6) is -0.246. The molecule has 35 heavy (non-hydrogen) atoms. The molecule has 2 aliphatic heterocycles. The van der Waals surface area contributed by atoms with Gasteiger partial charge < -0.3 is 19.9 Å². The molecule has 1 saturated carbocycles. The Morgan fingerprint density at radius 3 is 2.60 bits per heavy atom. The van der Waals surface area contributed by atoms with E-state index >= 15 is 4.39 Å². The van der Waals surface area contributed by atoms with Crippen molar-refractivity contribution in [2.45, 2.75) is 62.4 Å². The molecule has 8 nitrogen and oxygen atoms in total. The number of hydrogen-bond acceptors (Lipinski definition) is 7.